The van der Waals surface area contributed by atoms with Gasteiger partial charge in [0.15, 0.2) is 0 Å². The maximum absolute atomic E-state index is 8.87. The standard InChI is InChI=1S/C18H26N2O/c1-18(2,3)16-7-9-20(10-8-16)11-12-21-17-6-4-5-15(13-17)14-19/h4-6,13,16H,7-12H2,1-3H3. The van der Waals surface area contributed by atoms with Gasteiger partial charge in [0.2, 0.25) is 0 Å². The van der Waals surface area contributed by atoms with Gasteiger partial charge in [-0.3, -0.25) is 4.90 Å². The van der Waals surface area contributed by atoms with Crippen molar-refractivity contribution in [3.8, 4) is 11.8 Å². The van der Waals surface area contributed by atoms with Gasteiger partial charge in [-0.1, -0.05) is 26.8 Å². The minimum absolute atomic E-state index is 0.431. The van der Waals surface area contributed by atoms with Crippen LogP contribution in [-0.4, -0.2) is 31.1 Å². The summed E-state index contributed by atoms with van der Waals surface area (Å²) < 4.78 is 5.75. The van der Waals surface area contributed by atoms with Crippen LogP contribution in [0.4, 0.5) is 0 Å². The molecule has 114 valence electrons. The number of nitriles is 1. The topological polar surface area (TPSA) is 36.3 Å². The van der Waals surface area contributed by atoms with Crippen LogP contribution in [0.15, 0.2) is 24.3 Å². The SMILES string of the molecule is CC(C)(C)C1CCN(CCOc2cccc(C#N)c2)CC1. The third kappa shape index (κ3) is 4.75. The molecule has 0 atom stereocenters. The lowest BCUT2D eigenvalue weighted by atomic mass is 9.75. The van der Waals surface area contributed by atoms with Crippen LogP contribution >= 0.6 is 0 Å². The molecule has 1 aliphatic rings. The first-order valence-corrected chi connectivity index (χ1v) is 7.84. The molecule has 3 nitrogen and oxygen atoms in total. The Hall–Kier alpha value is -1.53. The number of piperidine rings is 1. The van der Waals surface area contributed by atoms with Crippen LogP contribution in [0.3, 0.4) is 0 Å². The summed E-state index contributed by atoms with van der Waals surface area (Å²) in [7, 11) is 0. The summed E-state index contributed by atoms with van der Waals surface area (Å²) in [5.74, 6) is 1.63. The highest BCUT2D eigenvalue weighted by molar-refractivity contribution is 5.36. The molecule has 0 aliphatic carbocycles. The van der Waals surface area contributed by atoms with Crippen LogP contribution in [-0.2, 0) is 0 Å². The van der Waals surface area contributed by atoms with E-state index in [-0.39, 0.29) is 0 Å². The smallest absolute Gasteiger partial charge is 0.120 e. The zero-order chi connectivity index (χ0) is 15.3. The third-order valence-electron chi connectivity index (χ3n) is 4.45. The van der Waals surface area contributed by atoms with E-state index in [2.05, 4.69) is 31.7 Å². The van der Waals surface area contributed by atoms with Gasteiger partial charge < -0.3 is 4.74 Å². The highest BCUT2D eigenvalue weighted by atomic mass is 16.5. The third-order valence-corrected chi connectivity index (χ3v) is 4.45. The van der Waals surface area contributed by atoms with Crippen LogP contribution in [0.2, 0.25) is 0 Å². The summed E-state index contributed by atoms with van der Waals surface area (Å²) in [4.78, 5) is 2.48. The molecule has 1 fully saturated rings. The van der Waals surface area contributed by atoms with Crippen molar-refractivity contribution in [3.05, 3.63) is 29.8 Å². The first kappa shape index (κ1) is 15.9. The molecule has 0 amide bonds. The van der Waals surface area contributed by atoms with E-state index in [1.807, 2.05) is 12.1 Å². The second-order valence-electron chi connectivity index (χ2n) is 6.97. The number of likely N-dealkylation sites (tertiary alicyclic amines) is 1. The number of nitrogens with zero attached hydrogens (tertiary/aromatic N) is 2. The van der Waals surface area contributed by atoms with Gasteiger partial charge >= 0.3 is 0 Å². The van der Waals surface area contributed by atoms with Crippen molar-refractivity contribution in [3.63, 3.8) is 0 Å². The average Bonchev–Trinajstić information content (AvgIpc) is 2.47. The van der Waals surface area contributed by atoms with Crippen molar-refractivity contribution in [1.29, 1.82) is 5.26 Å². The number of hydrogen-bond donors (Lipinski definition) is 0. The van der Waals surface area contributed by atoms with E-state index in [4.69, 9.17) is 10.00 Å². The molecule has 1 heterocycles. The Bertz CT molecular complexity index is 491. The predicted molar refractivity (Wildman–Crippen MR) is 85.3 cm³/mol. The van der Waals surface area contributed by atoms with E-state index in [1.165, 1.54) is 25.9 Å². The number of ether oxygens (including phenoxy) is 1. The highest BCUT2D eigenvalue weighted by Crippen LogP contribution is 2.34. The minimum atomic E-state index is 0.431. The Labute approximate surface area is 128 Å². The largest absolute Gasteiger partial charge is 0.492 e. The van der Waals surface area contributed by atoms with Crippen molar-refractivity contribution in [2.45, 2.75) is 33.6 Å². The highest BCUT2D eigenvalue weighted by Gasteiger charge is 2.28. The van der Waals surface area contributed by atoms with E-state index in [9.17, 15) is 0 Å². The van der Waals surface area contributed by atoms with E-state index in [1.54, 1.807) is 12.1 Å². The summed E-state index contributed by atoms with van der Waals surface area (Å²) in [6.45, 7) is 11.0. The van der Waals surface area contributed by atoms with Gasteiger partial charge in [0.25, 0.3) is 0 Å². The molecule has 1 aromatic rings. The summed E-state index contributed by atoms with van der Waals surface area (Å²) >= 11 is 0. The Morgan fingerprint density at radius 3 is 2.62 bits per heavy atom. The summed E-state index contributed by atoms with van der Waals surface area (Å²) in [6.07, 6.45) is 2.57. The lowest BCUT2D eigenvalue weighted by Crippen LogP contribution is -2.39. The fourth-order valence-electron chi connectivity index (χ4n) is 2.97. The molecule has 0 radical (unpaired) electrons. The van der Waals surface area contributed by atoms with Crippen LogP contribution < -0.4 is 4.74 Å². The molecule has 1 aliphatic heterocycles. The number of benzene rings is 1. The second-order valence-corrected chi connectivity index (χ2v) is 6.97. The van der Waals surface area contributed by atoms with E-state index >= 15 is 0 Å². The van der Waals surface area contributed by atoms with Crippen LogP contribution in [0.5, 0.6) is 5.75 Å². The lowest BCUT2D eigenvalue weighted by molar-refractivity contribution is 0.101. The summed E-state index contributed by atoms with van der Waals surface area (Å²) in [5, 5.41) is 8.87. The molecule has 0 aromatic heterocycles. The normalized spacial score (nSPS) is 17.4. The Kier molecular flexibility index (Phi) is 5.25. The van der Waals surface area contributed by atoms with Gasteiger partial charge in [-0.25, -0.2) is 0 Å². The van der Waals surface area contributed by atoms with Crippen molar-refractivity contribution < 1.29 is 4.74 Å². The summed E-state index contributed by atoms with van der Waals surface area (Å²) in [5.41, 5.74) is 1.08. The second kappa shape index (κ2) is 6.95. The first-order valence-electron chi connectivity index (χ1n) is 7.84. The Morgan fingerprint density at radius 1 is 1.29 bits per heavy atom. The molecule has 0 spiro atoms. The zero-order valence-corrected chi connectivity index (χ0v) is 13.4. The van der Waals surface area contributed by atoms with Gasteiger partial charge in [-0.2, -0.15) is 5.26 Å². The van der Waals surface area contributed by atoms with Crippen molar-refractivity contribution in [2.75, 3.05) is 26.2 Å². The molecular formula is C18H26N2O. The van der Waals surface area contributed by atoms with E-state index in [0.29, 0.717) is 17.6 Å². The molecule has 0 N–H and O–H groups in total. The van der Waals surface area contributed by atoms with Gasteiger partial charge in [0, 0.05) is 6.54 Å². The molecule has 0 unspecified atom stereocenters. The fraction of sp³-hybridized carbons (Fsp3) is 0.611. The summed E-state index contributed by atoms with van der Waals surface area (Å²) in [6, 6.07) is 9.50. The first-order chi connectivity index (χ1) is 9.99. The van der Waals surface area contributed by atoms with Crippen molar-refractivity contribution in [2.24, 2.45) is 11.3 Å². The predicted octanol–water partition coefficient (Wildman–Crippen LogP) is 3.70. The Morgan fingerprint density at radius 2 is 2.00 bits per heavy atom. The van der Waals surface area contributed by atoms with Crippen LogP contribution in [0.1, 0.15) is 39.2 Å². The maximum atomic E-state index is 8.87. The molecule has 1 saturated heterocycles. The Balaban J connectivity index is 1.72. The maximum Gasteiger partial charge on any atom is 0.120 e. The van der Waals surface area contributed by atoms with Gasteiger partial charge in [0.05, 0.1) is 11.6 Å². The molecule has 3 heteroatoms. The number of rotatable bonds is 4. The van der Waals surface area contributed by atoms with Gasteiger partial charge in [-0.15, -0.1) is 0 Å². The quantitative estimate of drug-likeness (QED) is 0.847. The monoisotopic (exact) mass is 286 g/mol. The molecule has 0 saturated carbocycles. The molecule has 21 heavy (non-hydrogen) atoms. The van der Waals surface area contributed by atoms with Crippen LogP contribution in [0.25, 0.3) is 0 Å². The molecule has 2 rings (SSSR count). The average molecular weight is 286 g/mol. The van der Waals surface area contributed by atoms with Gasteiger partial charge in [0.1, 0.15) is 12.4 Å². The molecule has 1 aromatic carbocycles. The zero-order valence-electron chi connectivity index (χ0n) is 13.4. The van der Waals surface area contributed by atoms with Gasteiger partial charge in [-0.05, 0) is 55.5 Å². The minimum Gasteiger partial charge on any atom is -0.492 e. The lowest BCUT2D eigenvalue weighted by Gasteiger charge is -2.38. The van der Waals surface area contributed by atoms with Crippen molar-refractivity contribution in [1.82, 2.24) is 4.90 Å². The molecular weight excluding hydrogens is 260 g/mol. The van der Waals surface area contributed by atoms with Crippen molar-refractivity contribution >= 4 is 0 Å². The van der Waals surface area contributed by atoms with E-state index in [0.717, 1.165) is 18.2 Å². The van der Waals surface area contributed by atoms with E-state index < -0.39 is 0 Å². The molecule has 0 bridgehead atoms. The fourth-order valence-corrected chi connectivity index (χ4v) is 2.97. The van der Waals surface area contributed by atoms with Crippen LogP contribution in [0, 0.1) is 22.7 Å². The number of hydrogen-bond acceptors (Lipinski definition) is 3.